The van der Waals surface area contributed by atoms with Gasteiger partial charge in [0.15, 0.2) is 0 Å². The number of hydrogen-bond donors (Lipinski definition) is 1. The molecule has 0 saturated carbocycles. The Bertz CT molecular complexity index is 372. The molecule has 0 aliphatic heterocycles. The number of amides is 1. The quantitative estimate of drug-likeness (QED) is 0.528. The van der Waals surface area contributed by atoms with Crippen LogP contribution in [0.15, 0.2) is 60.8 Å². The molecule has 0 spiro atoms. The molecule has 0 radical (unpaired) electrons. The fourth-order valence-corrected chi connectivity index (χ4v) is 1.21. The van der Waals surface area contributed by atoms with Crippen LogP contribution in [0.4, 0.5) is 0 Å². The van der Waals surface area contributed by atoms with Crippen molar-refractivity contribution in [3.63, 3.8) is 0 Å². The van der Waals surface area contributed by atoms with Crippen molar-refractivity contribution in [2.75, 3.05) is 6.54 Å². The van der Waals surface area contributed by atoms with Gasteiger partial charge in [-0.1, -0.05) is 44.9 Å². The minimum absolute atomic E-state index is 0.0823. The summed E-state index contributed by atoms with van der Waals surface area (Å²) >= 11 is 0. The van der Waals surface area contributed by atoms with Crippen molar-refractivity contribution in [2.45, 2.75) is 20.3 Å². The number of hydrogen-bond acceptors (Lipinski definition) is 1. The van der Waals surface area contributed by atoms with Crippen LogP contribution < -0.4 is 5.32 Å². The van der Waals surface area contributed by atoms with Gasteiger partial charge in [-0.3, -0.25) is 4.79 Å². The van der Waals surface area contributed by atoms with E-state index in [1.165, 1.54) is 0 Å². The van der Waals surface area contributed by atoms with Gasteiger partial charge in [-0.15, -0.1) is 0 Å². The minimum atomic E-state index is -0.0823. The van der Waals surface area contributed by atoms with Gasteiger partial charge in [-0.05, 0) is 30.6 Å². The molecule has 0 fully saturated rings. The van der Waals surface area contributed by atoms with E-state index in [4.69, 9.17) is 0 Å². The zero-order chi connectivity index (χ0) is 13.3. The Morgan fingerprint density at radius 3 is 2.47 bits per heavy atom. The Morgan fingerprint density at radius 1 is 1.35 bits per heavy atom. The maximum atomic E-state index is 11.8. The summed E-state index contributed by atoms with van der Waals surface area (Å²) in [7, 11) is 0. The molecule has 0 bridgehead atoms. The van der Waals surface area contributed by atoms with E-state index in [1.807, 2.05) is 26.0 Å². The van der Waals surface area contributed by atoms with E-state index < -0.39 is 0 Å². The van der Waals surface area contributed by atoms with Crippen LogP contribution in [0.25, 0.3) is 0 Å². The van der Waals surface area contributed by atoms with E-state index in [0.717, 1.165) is 11.1 Å². The lowest BCUT2D eigenvalue weighted by atomic mass is 10.1. The molecule has 0 aromatic carbocycles. The van der Waals surface area contributed by atoms with E-state index >= 15 is 0 Å². The summed E-state index contributed by atoms with van der Waals surface area (Å²) in [4.78, 5) is 11.8. The zero-order valence-corrected chi connectivity index (χ0v) is 10.8. The van der Waals surface area contributed by atoms with E-state index in [0.29, 0.717) is 18.5 Å². The Morgan fingerprint density at radius 2 is 2.00 bits per heavy atom. The van der Waals surface area contributed by atoms with Crippen LogP contribution in [0.3, 0.4) is 0 Å². The third-order valence-corrected chi connectivity index (χ3v) is 2.17. The van der Waals surface area contributed by atoms with Gasteiger partial charge in [-0.2, -0.15) is 0 Å². The summed E-state index contributed by atoms with van der Waals surface area (Å²) < 4.78 is 0. The lowest BCUT2D eigenvalue weighted by Gasteiger charge is -2.07. The third kappa shape index (κ3) is 6.36. The van der Waals surface area contributed by atoms with Crippen molar-refractivity contribution < 1.29 is 4.79 Å². The van der Waals surface area contributed by atoms with Crippen molar-refractivity contribution in [1.29, 1.82) is 0 Å². The van der Waals surface area contributed by atoms with Crippen LogP contribution in [0, 0.1) is 0 Å². The highest BCUT2D eigenvalue weighted by Crippen LogP contribution is 2.06. The maximum Gasteiger partial charge on any atom is 0.247 e. The summed E-state index contributed by atoms with van der Waals surface area (Å²) in [5, 5.41) is 2.81. The molecule has 0 rings (SSSR count). The first kappa shape index (κ1) is 15.2. The highest BCUT2D eigenvalue weighted by atomic mass is 16.1. The third-order valence-electron chi connectivity index (χ3n) is 2.17. The van der Waals surface area contributed by atoms with Crippen molar-refractivity contribution >= 4 is 5.91 Å². The Hall–Kier alpha value is -1.83. The Balaban J connectivity index is 4.47. The molecule has 0 aliphatic carbocycles. The van der Waals surface area contributed by atoms with Crippen LogP contribution in [0.2, 0.25) is 0 Å². The molecule has 0 atom stereocenters. The van der Waals surface area contributed by atoms with Gasteiger partial charge in [0.1, 0.15) is 0 Å². The van der Waals surface area contributed by atoms with E-state index in [-0.39, 0.29) is 5.91 Å². The van der Waals surface area contributed by atoms with Crippen LogP contribution in [-0.2, 0) is 4.79 Å². The summed E-state index contributed by atoms with van der Waals surface area (Å²) in [6.07, 6.45) is 7.81. The second kappa shape index (κ2) is 8.34. The second-order valence-corrected chi connectivity index (χ2v) is 3.64. The fraction of sp³-hybridized carbons (Fsp3) is 0.267. The molecule has 0 unspecified atom stereocenters. The molecule has 2 heteroatoms. The SMILES string of the molecule is C=CC(=C)/C=C(\CC)C(=O)NCC(=C)/C=C\C. The first-order valence-corrected chi connectivity index (χ1v) is 5.65. The molecule has 0 heterocycles. The molecular weight excluding hydrogens is 210 g/mol. The second-order valence-electron chi connectivity index (χ2n) is 3.64. The summed E-state index contributed by atoms with van der Waals surface area (Å²) in [5.41, 5.74) is 2.31. The van der Waals surface area contributed by atoms with Gasteiger partial charge < -0.3 is 5.32 Å². The summed E-state index contributed by atoms with van der Waals surface area (Å²) in [5.74, 6) is -0.0823. The number of allylic oxidation sites excluding steroid dienone is 4. The molecular formula is C15H21NO. The highest BCUT2D eigenvalue weighted by molar-refractivity contribution is 5.94. The predicted octanol–water partition coefficient (Wildman–Crippen LogP) is 3.31. The molecule has 1 N–H and O–H groups in total. The number of nitrogens with one attached hydrogen (secondary N) is 1. The average Bonchev–Trinajstić information content (AvgIpc) is 2.32. The Labute approximate surface area is 104 Å². The minimum Gasteiger partial charge on any atom is -0.348 e. The number of carbonyl (C=O) groups excluding carboxylic acids is 1. The molecule has 92 valence electrons. The Kier molecular flexibility index (Phi) is 7.44. The monoisotopic (exact) mass is 231 g/mol. The van der Waals surface area contributed by atoms with E-state index in [2.05, 4.69) is 25.1 Å². The van der Waals surface area contributed by atoms with Gasteiger partial charge in [-0.25, -0.2) is 0 Å². The van der Waals surface area contributed by atoms with Crippen LogP contribution in [0.5, 0.6) is 0 Å². The molecule has 1 amide bonds. The number of carbonyl (C=O) groups is 1. The van der Waals surface area contributed by atoms with Crippen molar-refractivity contribution in [3.8, 4) is 0 Å². The molecule has 17 heavy (non-hydrogen) atoms. The average molecular weight is 231 g/mol. The van der Waals surface area contributed by atoms with Gasteiger partial charge >= 0.3 is 0 Å². The zero-order valence-electron chi connectivity index (χ0n) is 10.8. The van der Waals surface area contributed by atoms with Gasteiger partial charge in [0.05, 0.1) is 0 Å². The van der Waals surface area contributed by atoms with Gasteiger partial charge in [0.25, 0.3) is 0 Å². The van der Waals surface area contributed by atoms with Crippen LogP contribution >= 0.6 is 0 Å². The topological polar surface area (TPSA) is 29.1 Å². The van der Waals surface area contributed by atoms with Crippen LogP contribution in [0.1, 0.15) is 20.3 Å². The predicted molar refractivity (Wildman–Crippen MR) is 74.7 cm³/mol. The molecule has 2 nitrogen and oxygen atoms in total. The number of rotatable bonds is 7. The van der Waals surface area contributed by atoms with Gasteiger partial charge in [0.2, 0.25) is 5.91 Å². The van der Waals surface area contributed by atoms with E-state index in [1.54, 1.807) is 12.2 Å². The summed E-state index contributed by atoms with van der Waals surface area (Å²) in [6.45, 7) is 15.5. The molecule has 0 aromatic heterocycles. The lowest BCUT2D eigenvalue weighted by Crippen LogP contribution is -2.26. The normalized spacial score (nSPS) is 11.3. The summed E-state index contributed by atoms with van der Waals surface area (Å²) in [6, 6.07) is 0. The van der Waals surface area contributed by atoms with Crippen molar-refractivity contribution in [2.24, 2.45) is 0 Å². The highest BCUT2D eigenvalue weighted by Gasteiger charge is 2.06. The first-order valence-electron chi connectivity index (χ1n) is 5.65. The van der Waals surface area contributed by atoms with Crippen LogP contribution in [-0.4, -0.2) is 12.5 Å². The maximum absolute atomic E-state index is 11.8. The smallest absolute Gasteiger partial charge is 0.247 e. The van der Waals surface area contributed by atoms with Gasteiger partial charge in [0, 0.05) is 12.1 Å². The molecule has 0 saturated heterocycles. The standard InChI is InChI=1S/C15H21NO/c1-6-9-13(5)11-16-15(17)14(8-3)10-12(4)7-2/h6-7,9-10H,2,4-5,8,11H2,1,3H3,(H,16,17)/b9-6-,14-10+. The van der Waals surface area contributed by atoms with E-state index in [9.17, 15) is 4.79 Å². The first-order chi connectivity index (χ1) is 8.04. The fourth-order valence-electron chi connectivity index (χ4n) is 1.21. The molecule has 0 aromatic rings. The van der Waals surface area contributed by atoms with Crippen molar-refractivity contribution in [3.05, 3.63) is 60.8 Å². The van der Waals surface area contributed by atoms with Crippen molar-refractivity contribution in [1.82, 2.24) is 5.32 Å². The molecule has 0 aliphatic rings. The largest absolute Gasteiger partial charge is 0.348 e. The lowest BCUT2D eigenvalue weighted by molar-refractivity contribution is -0.117.